The minimum Gasteiger partial charge on any atom is -0.481 e. The number of benzene rings is 1. The van der Waals surface area contributed by atoms with Gasteiger partial charge in [0.15, 0.2) is 0 Å². The van der Waals surface area contributed by atoms with Gasteiger partial charge in [0.2, 0.25) is 10.0 Å². The van der Waals surface area contributed by atoms with Gasteiger partial charge in [-0.15, -0.1) is 0 Å². The number of nitrogens with zero attached hydrogens (tertiary/aromatic N) is 1. The van der Waals surface area contributed by atoms with Crippen molar-refractivity contribution in [2.24, 2.45) is 5.92 Å². The molecule has 6 nitrogen and oxygen atoms in total. The molecule has 1 N–H and O–H groups in total. The number of alkyl halides is 2. The van der Waals surface area contributed by atoms with Crippen molar-refractivity contribution in [3.05, 3.63) is 24.0 Å². The average Bonchev–Trinajstić information content (AvgIpc) is 2.48. The monoisotopic (exact) mass is 367 g/mol. The summed E-state index contributed by atoms with van der Waals surface area (Å²) >= 11 is 0. The molecule has 0 radical (unpaired) electrons. The zero-order valence-electron chi connectivity index (χ0n) is 12.7. The third kappa shape index (κ3) is 3.64. The second-order valence-corrected chi connectivity index (χ2v) is 7.27. The number of aliphatic carboxylic acids is 1. The predicted molar refractivity (Wildman–Crippen MR) is 76.7 cm³/mol. The lowest BCUT2D eigenvalue weighted by molar-refractivity contribution is -0.144. The van der Waals surface area contributed by atoms with Gasteiger partial charge in [0.1, 0.15) is 16.5 Å². The number of sulfonamides is 1. The van der Waals surface area contributed by atoms with Crippen molar-refractivity contribution in [2.75, 3.05) is 6.54 Å². The molecule has 0 aliphatic carbocycles. The van der Waals surface area contributed by atoms with Crippen LogP contribution in [-0.4, -0.2) is 43.0 Å². The molecule has 134 valence electrons. The summed E-state index contributed by atoms with van der Waals surface area (Å²) in [6, 6.07) is 1.29. The highest BCUT2D eigenvalue weighted by molar-refractivity contribution is 7.89. The highest BCUT2D eigenvalue weighted by Gasteiger charge is 2.40. The standard InChI is InChI=1S/C14H16F3NO5S/c1-8-10(13(19)20)3-2-6-18(8)24(21,22)12-7-9(15)4-5-11(12)23-14(16)17/h4-5,7-8,10,14H,2-3,6H2,1H3,(H,19,20)/t8-,10-/m1/s1. The van der Waals surface area contributed by atoms with Crippen molar-refractivity contribution < 1.29 is 36.2 Å². The molecule has 2 rings (SSSR count). The van der Waals surface area contributed by atoms with E-state index in [0.29, 0.717) is 18.9 Å². The molecule has 0 spiro atoms. The Bertz CT molecular complexity index is 725. The molecule has 1 aromatic carbocycles. The molecule has 1 saturated heterocycles. The number of carboxylic acid groups (broad SMARTS) is 1. The maximum Gasteiger partial charge on any atom is 0.387 e. The van der Waals surface area contributed by atoms with Crippen LogP contribution < -0.4 is 4.74 Å². The first-order valence-electron chi connectivity index (χ1n) is 7.13. The zero-order chi connectivity index (χ0) is 18.1. The lowest BCUT2D eigenvalue weighted by Crippen LogP contribution is -2.49. The molecular weight excluding hydrogens is 351 g/mol. The van der Waals surface area contributed by atoms with E-state index in [-0.39, 0.29) is 6.54 Å². The van der Waals surface area contributed by atoms with Crippen molar-refractivity contribution in [1.82, 2.24) is 4.31 Å². The Hall–Kier alpha value is -1.81. The second-order valence-electron chi connectivity index (χ2n) is 5.41. The Labute approximate surface area is 136 Å². The van der Waals surface area contributed by atoms with Gasteiger partial charge in [-0.25, -0.2) is 12.8 Å². The fourth-order valence-electron chi connectivity index (χ4n) is 2.78. The fraction of sp³-hybridized carbons (Fsp3) is 0.500. The predicted octanol–water partition coefficient (Wildman–Crippen LogP) is 2.30. The summed E-state index contributed by atoms with van der Waals surface area (Å²) in [4.78, 5) is 10.5. The number of carbonyl (C=O) groups is 1. The van der Waals surface area contributed by atoms with E-state index in [4.69, 9.17) is 0 Å². The van der Waals surface area contributed by atoms with Crippen LogP contribution in [0.3, 0.4) is 0 Å². The molecule has 1 aliphatic heterocycles. The van der Waals surface area contributed by atoms with Crippen molar-refractivity contribution >= 4 is 16.0 Å². The summed E-state index contributed by atoms with van der Waals surface area (Å²) in [5, 5.41) is 9.18. The van der Waals surface area contributed by atoms with Gasteiger partial charge >= 0.3 is 12.6 Å². The molecule has 1 fully saturated rings. The second kappa shape index (κ2) is 6.98. The first kappa shape index (κ1) is 18.5. The van der Waals surface area contributed by atoms with Gasteiger partial charge in [-0.3, -0.25) is 4.79 Å². The van der Waals surface area contributed by atoms with Crippen LogP contribution >= 0.6 is 0 Å². The Morgan fingerprint density at radius 2 is 2.08 bits per heavy atom. The van der Waals surface area contributed by atoms with Crippen LogP contribution in [0.25, 0.3) is 0 Å². The summed E-state index contributed by atoms with van der Waals surface area (Å²) in [5.41, 5.74) is 0. The van der Waals surface area contributed by atoms with Crippen LogP contribution in [0, 0.1) is 11.7 Å². The number of hydrogen-bond acceptors (Lipinski definition) is 4. The topological polar surface area (TPSA) is 83.9 Å². The first-order valence-corrected chi connectivity index (χ1v) is 8.57. The molecule has 10 heteroatoms. The number of piperidine rings is 1. The third-order valence-electron chi connectivity index (χ3n) is 3.96. The molecule has 0 amide bonds. The van der Waals surface area contributed by atoms with E-state index in [1.54, 1.807) is 0 Å². The molecule has 2 atom stereocenters. The summed E-state index contributed by atoms with van der Waals surface area (Å²) in [7, 11) is -4.40. The summed E-state index contributed by atoms with van der Waals surface area (Å²) in [5.74, 6) is -3.70. The van der Waals surface area contributed by atoms with Crippen molar-refractivity contribution in [2.45, 2.75) is 37.3 Å². The van der Waals surface area contributed by atoms with Gasteiger partial charge in [0, 0.05) is 12.6 Å². The molecular formula is C14H16F3NO5S. The SMILES string of the molecule is C[C@@H]1[C@H](C(=O)O)CCCN1S(=O)(=O)c1cc(F)ccc1OC(F)F. The van der Waals surface area contributed by atoms with Crippen molar-refractivity contribution in [3.63, 3.8) is 0 Å². The Morgan fingerprint density at radius 3 is 2.67 bits per heavy atom. The van der Waals surface area contributed by atoms with E-state index in [9.17, 15) is 31.5 Å². The minimum atomic E-state index is -4.40. The van der Waals surface area contributed by atoms with E-state index in [1.807, 2.05) is 0 Å². The number of rotatable bonds is 5. The molecule has 0 saturated carbocycles. The largest absolute Gasteiger partial charge is 0.481 e. The van der Waals surface area contributed by atoms with Gasteiger partial charge in [-0.1, -0.05) is 0 Å². The smallest absolute Gasteiger partial charge is 0.387 e. The van der Waals surface area contributed by atoms with Crippen LogP contribution in [0.5, 0.6) is 5.75 Å². The van der Waals surface area contributed by atoms with Crippen molar-refractivity contribution in [3.8, 4) is 5.75 Å². The zero-order valence-corrected chi connectivity index (χ0v) is 13.5. The maximum absolute atomic E-state index is 13.5. The normalized spacial score (nSPS) is 22.5. The molecule has 1 aromatic rings. The van der Waals surface area contributed by atoms with Crippen LogP contribution in [0.4, 0.5) is 13.2 Å². The van der Waals surface area contributed by atoms with E-state index in [0.717, 1.165) is 16.4 Å². The van der Waals surface area contributed by atoms with Crippen LogP contribution in [0.1, 0.15) is 19.8 Å². The lowest BCUT2D eigenvalue weighted by Gasteiger charge is -2.36. The van der Waals surface area contributed by atoms with Gasteiger partial charge in [-0.2, -0.15) is 13.1 Å². The maximum atomic E-state index is 13.5. The Balaban J connectivity index is 2.46. The van der Waals surface area contributed by atoms with Crippen LogP contribution in [0.2, 0.25) is 0 Å². The Morgan fingerprint density at radius 1 is 1.42 bits per heavy atom. The third-order valence-corrected chi connectivity index (χ3v) is 5.96. The molecule has 0 bridgehead atoms. The first-order chi connectivity index (χ1) is 11.1. The molecule has 24 heavy (non-hydrogen) atoms. The molecule has 1 aliphatic rings. The fourth-order valence-corrected chi connectivity index (χ4v) is 4.62. The molecule has 0 aromatic heterocycles. The highest BCUT2D eigenvalue weighted by atomic mass is 32.2. The van der Waals surface area contributed by atoms with Gasteiger partial charge in [-0.05, 0) is 38.0 Å². The van der Waals surface area contributed by atoms with E-state index >= 15 is 0 Å². The summed E-state index contributed by atoms with van der Waals surface area (Å²) in [6.07, 6.45) is 0.590. The minimum absolute atomic E-state index is 0.0118. The van der Waals surface area contributed by atoms with E-state index in [1.165, 1.54) is 6.92 Å². The van der Waals surface area contributed by atoms with Gasteiger partial charge in [0.25, 0.3) is 0 Å². The van der Waals surface area contributed by atoms with E-state index < -0.39 is 51.0 Å². The summed E-state index contributed by atoms with van der Waals surface area (Å²) in [6.45, 7) is -1.85. The van der Waals surface area contributed by atoms with Gasteiger partial charge < -0.3 is 9.84 Å². The number of ether oxygens (including phenoxy) is 1. The average molecular weight is 367 g/mol. The van der Waals surface area contributed by atoms with Crippen molar-refractivity contribution in [1.29, 1.82) is 0 Å². The lowest BCUT2D eigenvalue weighted by atomic mass is 9.92. The van der Waals surface area contributed by atoms with Crippen LogP contribution in [-0.2, 0) is 14.8 Å². The number of hydrogen-bond donors (Lipinski definition) is 1. The van der Waals surface area contributed by atoms with Gasteiger partial charge in [0.05, 0.1) is 5.92 Å². The number of halogens is 3. The number of carboxylic acids is 1. The molecule has 0 unspecified atom stereocenters. The van der Waals surface area contributed by atoms with Crippen LogP contribution in [0.15, 0.2) is 23.1 Å². The summed E-state index contributed by atoms with van der Waals surface area (Å²) < 4.78 is 69.0. The highest BCUT2D eigenvalue weighted by Crippen LogP contribution is 2.34. The van der Waals surface area contributed by atoms with E-state index in [2.05, 4.69) is 4.74 Å². The Kier molecular flexibility index (Phi) is 5.38. The molecule has 1 heterocycles. The quantitative estimate of drug-likeness (QED) is 0.863.